The third-order valence-electron chi connectivity index (χ3n) is 6.55. The second-order valence-electron chi connectivity index (χ2n) is 9.00. The Hall–Kier alpha value is -4.40. The van der Waals surface area contributed by atoms with Crippen molar-refractivity contribution in [3.05, 3.63) is 84.2 Å². The molecule has 9 nitrogen and oxygen atoms in total. The molecule has 2 aromatic carbocycles. The Morgan fingerprint density at radius 1 is 0.974 bits per heavy atom. The maximum atomic E-state index is 13.4. The molecule has 0 aliphatic carbocycles. The summed E-state index contributed by atoms with van der Waals surface area (Å²) in [5.74, 6) is 0.433. The average molecular weight is 517 g/mol. The first-order valence-electron chi connectivity index (χ1n) is 12.6. The predicted molar refractivity (Wildman–Crippen MR) is 143 cm³/mol. The van der Waals surface area contributed by atoms with Crippen LogP contribution in [-0.4, -0.2) is 54.4 Å². The van der Waals surface area contributed by atoms with E-state index in [4.69, 9.17) is 9.47 Å². The van der Waals surface area contributed by atoms with Crippen molar-refractivity contribution in [2.45, 2.75) is 37.8 Å². The molecule has 0 radical (unpaired) electrons. The van der Waals surface area contributed by atoms with Crippen LogP contribution in [0.2, 0.25) is 0 Å². The van der Waals surface area contributed by atoms with E-state index in [1.54, 1.807) is 73.8 Å². The fourth-order valence-corrected chi connectivity index (χ4v) is 4.49. The van der Waals surface area contributed by atoms with Crippen molar-refractivity contribution in [3.63, 3.8) is 0 Å². The minimum absolute atomic E-state index is 0.100. The van der Waals surface area contributed by atoms with E-state index in [2.05, 4.69) is 15.6 Å². The van der Waals surface area contributed by atoms with Gasteiger partial charge in [-0.3, -0.25) is 19.4 Å². The lowest BCUT2D eigenvalue weighted by Gasteiger charge is -2.26. The van der Waals surface area contributed by atoms with Crippen molar-refractivity contribution in [3.8, 4) is 11.5 Å². The second kappa shape index (κ2) is 12.7. The minimum atomic E-state index is -0.971. The van der Waals surface area contributed by atoms with Crippen LogP contribution in [-0.2, 0) is 20.8 Å². The molecule has 1 aliphatic rings. The Kier molecular flexibility index (Phi) is 8.92. The fourth-order valence-electron chi connectivity index (χ4n) is 4.49. The smallest absolute Gasteiger partial charge is 0.251 e. The van der Waals surface area contributed by atoms with E-state index in [0.29, 0.717) is 42.1 Å². The van der Waals surface area contributed by atoms with Gasteiger partial charge in [-0.1, -0.05) is 18.2 Å². The van der Waals surface area contributed by atoms with Gasteiger partial charge in [-0.15, -0.1) is 0 Å². The van der Waals surface area contributed by atoms with Gasteiger partial charge in [-0.25, -0.2) is 0 Å². The van der Waals surface area contributed by atoms with Gasteiger partial charge >= 0.3 is 0 Å². The Morgan fingerprint density at radius 3 is 2.29 bits per heavy atom. The number of hydrogen-bond donors (Lipinski definition) is 2. The molecule has 3 amide bonds. The summed E-state index contributed by atoms with van der Waals surface area (Å²) in [5, 5.41) is 5.75. The van der Waals surface area contributed by atoms with Crippen LogP contribution in [0.4, 0.5) is 5.69 Å². The number of rotatable bonds is 10. The van der Waals surface area contributed by atoms with Crippen molar-refractivity contribution < 1.29 is 23.9 Å². The van der Waals surface area contributed by atoms with Gasteiger partial charge in [-0.2, -0.15) is 0 Å². The molecule has 1 aliphatic heterocycles. The number of likely N-dealkylation sites (tertiary alicyclic amines) is 1. The van der Waals surface area contributed by atoms with Crippen molar-refractivity contribution in [1.82, 2.24) is 15.2 Å². The highest BCUT2D eigenvalue weighted by atomic mass is 16.5. The normalized spacial score (nSPS) is 15.4. The SMILES string of the molecule is COc1ccc(NC(=O)[C@@H](NC(=O)[C@@H]2CCCN2C(=O)CCc2ccccn2)c2ccc(OC)cc2)cc1. The van der Waals surface area contributed by atoms with E-state index in [-0.39, 0.29) is 18.2 Å². The van der Waals surface area contributed by atoms with Crippen LogP contribution in [0.1, 0.15) is 36.6 Å². The van der Waals surface area contributed by atoms with Gasteiger partial charge in [0.25, 0.3) is 5.91 Å². The first kappa shape index (κ1) is 26.7. The molecule has 2 N–H and O–H groups in total. The third kappa shape index (κ3) is 6.67. The van der Waals surface area contributed by atoms with E-state index in [0.717, 1.165) is 12.1 Å². The highest BCUT2D eigenvalue weighted by Crippen LogP contribution is 2.24. The number of nitrogens with one attached hydrogen (secondary N) is 2. The second-order valence-corrected chi connectivity index (χ2v) is 9.00. The summed E-state index contributed by atoms with van der Waals surface area (Å²) in [6.45, 7) is 0.504. The zero-order valence-corrected chi connectivity index (χ0v) is 21.6. The van der Waals surface area contributed by atoms with Crippen LogP contribution in [0.5, 0.6) is 11.5 Å². The molecule has 3 aromatic rings. The lowest BCUT2D eigenvalue weighted by atomic mass is 10.0. The lowest BCUT2D eigenvalue weighted by Crippen LogP contribution is -2.48. The lowest BCUT2D eigenvalue weighted by molar-refractivity contribution is -0.139. The number of ether oxygens (including phenoxy) is 2. The molecule has 2 atom stereocenters. The fraction of sp³-hybridized carbons (Fsp3) is 0.310. The van der Waals surface area contributed by atoms with Crippen molar-refractivity contribution in [1.29, 1.82) is 0 Å². The van der Waals surface area contributed by atoms with Crippen molar-refractivity contribution >= 4 is 23.4 Å². The van der Waals surface area contributed by atoms with Crippen molar-refractivity contribution in [2.75, 3.05) is 26.1 Å². The molecular weight excluding hydrogens is 484 g/mol. The molecule has 1 fully saturated rings. The van der Waals surface area contributed by atoms with E-state index < -0.39 is 18.0 Å². The van der Waals surface area contributed by atoms with Gasteiger partial charge in [0, 0.05) is 30.5 Å². The van der Waals surface area contributed by atoms with Gasteiger partial charge in [-0.05, 0) is 73.4 Å². The average Bonchev–Trinajstić information content (AvgIpc) is 3.46. The summed E-state index contributed by atoms with van der Waals surface area (Å²) in [7, 11) is 3.13. The number of aryl methyl sites for hydroxylation is 1. The highest BCUT2D eigenvalue weighted by molar-refractivity contribution is 5.99. The van der Waals surface area contributed by atoms with Gasteiger partial charge in [0.05, 0.1) is 14.2 Å². The van der Waals surface area contributed by atoms with Crippen molar-refractivity contribution in [2.24, 2.45) is 0 Å². The number of amides is 3. The highest BCUT2D eigenvalue weighted by Gasteiger charge is 2.36. The summed E-state index contributed by atoms with van der Waals surface area (Å²) in [5.41, 5.74) is 1.99. The van der Waals surface area contributed by atoms with E-state index >= 15 is 0 Å². The van der Waals surface area contributed by atoms with Crippen LogP contribution < -0.4 is 20.1 Å². The molecule has 38 heavy (non-hydrogen) atoms. The maximum Gasteiger partial charge on any atom is 0.251 e. The van der Waals surface area contributed by atoms with Crippen LogP contribution in [0.15, 0.2) is 72.9 Å². The molecule has 1 saturated heterocycles. The summed E-state index contributed by atoms with van der Waals surface area (Å²) in [4.78, 5) is 45.7. The molecule has 0 spiro atoms. The number of pyridine rings is 1. The van der Waals surface area contributed by atoms with Crippen LogP contribution in [0, 0.1) is 0 Å². The predicted octanol–water partition coefficient (Wildman–Crippen LogP) is 3.52. The minimum Gasteiger partial charge on any atom is -0.497 e. The Morgan fingerprint density at radius 2 is 1.66 bits per heavy atom. The molecule has 2 heterocycles. The number of aromatic nitrogens is 1. The van der Waals surface area contributed by atoms with E-state index in [1.165, 1.54) is 0 Å². The number of nitrogens with zero attached hydrogens (tertiary/aromatic N) is 2. The number of benzene rings is 2. The molecule has 4 rings (SSSR count). The van der Waals surface area contributed by atoms with Gasteiger partial charge in [0.2, 0.25) is 11.8 Å². The number of methoxy groups -OCH3 is 2. The Bertz CT molecular complexity index is 1230. The van der Waals surface area contributed by atoms with Crippen LogP contribution in [0.25, 0.3) is 0 Å². The van der Waals surface area contributed by atoms with Gasteiger partial charge in [0.15, 0.2) is 0 Å². The Labute approximate surface area is 222 Å². The van der Waals surface area contributed by atoms with E-state index in [9.17, 15) is 14.4 Å². The molecule has 0 saturated carbocycles. The number of carbonyl (C=O) groups excluding carboxylic acids is 3. The molecule has 9 heteroatoms. The summed E-state index contributed by atoms with van der Waals surface area (Å²) < 4.78 is 10.4. The summed E-state index contributed by atoms with van der Waals surface area (Å²) in [6, 6.07) is 17.9. The Balaban J connectivity index is 1.47. The zero-order valence-electron chi connectivity index (χ0n) is 21.6. The monoisotopic (exact) mass is 516 g/mol. The van der Waals surface area contributed by atoms with Gasteiger partial charge in [0.1, 0.15) is 23.6 Å². The topological polar surface area (TPSA) is 110 Å². The number of hydrogen-bond acceptors (Lipinski definition) is 6. The molecule has 0 bridgehead atoms. The zero-order chi connectivity index (χ0) is 26.9. The van der Waals surface area contributed by atoms with Crippen LogP contribution in [0.3, 0.4) is 0 Å². The summed E-state index contributed by atoms with van der Waals surface area (Å²) >= 11 is 0. The standard InChI is InChI=1S/C29H32N4O5/c1-37-23-13-8-20(9-14-23)27(29(36)31-22-10-15-24(38-2)16-11-22)32-28(35)25-7-5-19-33(25)26(34)17-12-21-6-3-4-18-30-21/h3-4,6,8-11,13-16,18,25,27H,5,7,12,17,19H2,1-2H3,(H,31,36)(H,32,35)/t25-,27-/m0/s1. The van der Waals surface area contributed by atoms with E-state index in [1.807, 2.05) is 18.2 Å². The largest absolute Gasteiger partial charge is 0.497 e. The maximum absolute atomic E-state index is 13.4. The number of carbonyl (C=O) groups is 3. The van der Waals surface area contributed by atoms with Gasteiger partial charge < -0.3 is 25.0 Å². The molecular formula is C29H32N4O5. The first-order chi connectivity index (χ1) is 18.5. The molecule has 0 unspecified atom stereocenters. The third-order valence-corrected chi connectivity index (χ3v) is 6.55. The van der Waals surface area contributed by atoms with Crippen LogP contribution >= 0.6 is 0 Å². The molecule has 198 valence electrons. The molecule has 1 aromatic heterocycles. The quantitative estimate of drug-likeness (QED) is 0.427. The first-order valence-corrected chi connectivity index (χ1v) is 12.6. The number of anilines is 1. The summed E-state index contributed by atoms with van der Waals surface area (Å²) in [6.07, 6.45) is 3.72.